The zero-order valence-corrected chi connectivity index (χ0v) is 11.7. The monoisotopic (exact) mass is 266 g/mol. The number of rotatable bonds is 8. The molecule has 0 bridgehead atoms. The molecule has 0 radical (unpaired) electrons. The molecule has 0 amide bonds. The Morgan fingerprint density at radius 3 is 1.85 bits per heavy atom. The number of halogens is 1. The number of unbranched alkanes of at least 4 members (excludes halogenated alkanes) is 2. The second kappa shape index (κ2) is 12.7. The topological polar surface area (TPSA) is 0 Å². The summed E-state index contributed by atoms with van der Waals surface area (Å²) in [5, 5.41) is 0. The molecular formula is C11H24BrP. The van der Waals surface area contributed by atoms with E-state index >= 15 is 0 Å². The van der Waals surface area contributed by atoms with E-state index in [4.69, 9.17) is 0 Å². The Morgan fingerprint density at radius 2 is 1.54 bits per heavy atom. The summed E-state index contributed by atoms with van der Waals surface area (Å²) in [4.78, 5) is 0. The molecule has 0 aliphatic heterocycles. The van der Waals surface area contributed by atoms with Gasteiger partial charge in [-0.25, -0.2) is 0 Å². The largest absolute Gasteiger partial charge is 0.114 e. The average molecular weight is 267 g/mol. The summed E-state index contributed by atoms with van der Waals surface area (Å²) in [6.07, 6.45) is 11.9. The minimum Gasteiger partial charge on any atom is -0.114 e. The highest BCUT2D eigenvalue weighted by Crippen LogP contribution is 2.37. The van der Waals surface area contributed by atoms with E-state index in [1.54, 1.807) is 0 Å². The van der Waals surface area contributed by atoms with Gasteiger partial charge in [-0.05, 0) is 31.3 Å². The SMILES string of the molecule is Br.C=CCP(CCCC)CCCC. The minimum absolute atomic E-state index is 0. The third-order valence-electron chi connectivity index (χ3n) is 2.04. The maximum Gasteiger partial charge on any atom is -0.0147 e. The van der Waals surface area contributed by atoms with Gasteiger partial charge in [-0.2, -0.15) is 0 Å². The fraction of sp³-hybridized carbons (Fsp3) is 0.818. The first-order valence-corrected chi connectivity index (χ1v) is 7.08. The molecule has 80 valence electrons. The van der Waals surface area contributed by atoms with E-state index in [0.717, 1.165) is 0 Å². The van der Waals surface area contributed by atoms with Gasteiger partial charge < -0.3 is 0 Å². The van der Waals surface area contributed by atoms with E-state index in [1.807, 2.05) is 0 Å². The summed E-state index contributed by atoms with van der Waals surface area (Å²) in [7, 11) is 0.309. The zero-order chi connectivity index (χ0) is 9.23. The molecule has 0 saturated carbocycles. The molecule has 0 aromatic heterocycles. The van der Waals surface area contributed by atoms with Gasteiger partial charge in [0.25, 0.3) is 0 Å². The Labute approximate surface area is 95.7 Å². The molecule has 0 saturated heterocycles. The summed E-state index contributed by atoms with van der Waals surface area (Å²) >= 11 is 0. The summed E-state index contributed by atoms with van der Waals surface area (Å²) in [6, 6.07) is 0. The molecule has 0 spiro atoms. The van der Waals surface area contributed by atoms with Gasteiger partial charge >= 0.3 is 0 Å². The number of allylic oxidation sites excluding steroid dienone is 1. The van der Waals surface area contributed by atoms with Crippen molar-refractivity contribution >= 4 is 24.9 Å². The molecule has 0 unspecified atom stereocenters. The maximum atomic E-state index is 3.83. The smallest absolute Gasteiger partial charge is 0.0147 e. The minimum atomic E-state index is 0. The Morgan fingerprint density at radius 1 is 1.08 bits per heavy atom. The first-order valence-electron chi connectivity index (χ1n) is 5.18. The van der Waals surface area contributed by atoms with Gasteiger partial charge in [0.1, 0.15) is 0 Å². The van der Waals surface area contributed by atoms with E-state index in [-0.39, 0.29) is 17.0 Å². The molecule has 0 aromatic carbocycles. The van der Waals surface area contributed by atoms with Crippen LogP contribution in [0.25, 0.3) is 0 Å². The van der Waals surface area contributed by atoms with Crippen LogP contribution in [0.5, 0.6) is 0 Å². The Hall–Kier alpha value is 0.650. The maximum absolute atomic E-state index is 3.83. The van der Waals surface area contributed by atoms with Crippen LogP contribution < -0.4 is 0 Å². The van der Waals surface area contributed by atoms with E-state index in [2.05, 4.69) is 26.5 Å². The molecular weight excluding hydrogens is 243 g/mol. The highest BCUT2D eigenvalue weighted by molar-refractivity contribution is 8.93. The van der Waals surface area contributed by atoms with Crippen molar-refractivity contribution in [2.45, 2.75) is 39.5 Å². The normalized spacial score (nSPS) is 9.77. The fourth-order valence-electron chi connectivity index (χ4n) is 1.24. The van der Waals surface area contributed by atoms with E-state index in [9.17, 15) is 0 Å². The molecule has 0 fully saturated rings. The first kappa shape index (κ1) is 16.1. The zero-order valence-electron chi connectivity index (χ0n) is 9.09. The summed E-state index contributed by atoms with van der Waals surface area (Å²) < 4.78 is 0. The van der Waals surface area contributed by atoms with Crippen molar-refractivity contribution < 1.29 is 0 Å². The lowest BCUT2D eigenvalue weighted by Gasteiger charge is -2.14. The Balaban J connectivity index is 0. The Kier molecular flexibility index (Phi) is 15.7. The van der Waals surface area contributed by atoms with Crippen LogP contribution >= 0.6 is 24.9 Å². The average Bonchev–Trinajstić information content (AvgIpc) is 2.10. The van der Waals surface area contributed by atoms with Gasteiger partial charge in [-0.3, -0.25) is 0 Å². The van der Waals surface area contributed by atoms with Crippen LogP contribution in [0.4, 0.5) is 0 Å². The predicted octanol–water partition coefficient (Wildman–Crippen LogP) is 4.83. The van der Waals surface area contributed by atoms with Crippen LogP contribution in [0.1, 0.15) is 39.5 Å². The quantitative estimate of drug-likeness (QED) is 0.436. The molecule has 0 aliphatic carbocycles. The van der Waals surface area contributed by atoms with Crippen LogP contribution in [-0.2, 0) is 0 Å². The van der Waals surface area contributed by atoms with E-state index < -0.39 is 0 Å². The van der Waals surface area contributed by atoms with Gasteiger partial charge in [0.2, 0.25) is 0 Å². The lowest BCUT2D eigenvalue weighted by Crippen LogP contribution is -1.93. The molecule has 13 heavy (non-hydrogen) atoms. The van der Waals surface area contributed by atoms with Crippen molar-refractivity contribution in [2.75, 3.05) is 18.5 Å². The van der Waals surface area contributed by atoms with Crippen molar-refractivity contribution in [3.8, 4) is 0 Å². The fourth-order valence-corrected chi connectivity index (χ4v) is 3.72. The summed E-state index contributed by atoms with van der Waals surface area (Å²) in [6.45, 7) is 8.39. The van der Waals surface area contributed by atoms with Gasteiger partial charge in [-0.15, -0.1) is 31.5 Å². The highest BCUT2D eigenvalue weighted by atomic mass is 79.9. The number of hydrogen-bond donors (Lipinski definition) is 0. The molecule has 0 heterocycles. The van der Waals surface area contributed by atoms with Crippen molar-refractivity contribution in [1.29, 1.82) is 0 Å². The van der Waals surface area contributed by atoms with Crippen molar-refractivity contribution in [1.82, 2.24) is 0 Å². The van der Waals surface area contributed by atoms with Crippen LogP contribution in [0, 0.1) is 0 Å². The van der Waals surface area contributed by atoms with Gasteiger partial charge in [0, 0.05) is 0 Å². The van der Waals surface area contributed by atoms with Gasteiger partial charge in [0.05, 0.1) is 0 Å². The van der Waals surface area contributed by atoms with Crippen LogP contribution in [0.2, 0.25) is 0 Å². The van der Waals surface area contributed by atoms with Crippen molar-refractivity contribution in [3.63, 3.8) is 0 Å². The molecule has 0 aliphatic rings. The standard InChI is InChI=1S/C11H23P.BrH/c1-4-7-10-12(9-6-3)11-8-5-2;/h6H,3-5,7-11H2,1-2H3;1H. The highest BCUT2D eigenvalue weighted by Gasteiger charge is 2.03. The Bertz CT molecular complexity index is 96.3. The molecule has 0 nitrogen and oxygen atoms in total. The third-order valence-corrected chi connectivity index (χ3v) is 4.72. The van der Waals surface area contributed by atoms with E-state index in [1.165, 1.54) is 44.2 Å². The molecule has 0 N–H and O–H groups in total. The lowest BCUT2D eigenvalue weighted by atomic mass is 10.4. The molecule has 2 heteroatoms. The summed E-state index contributed by atoms with van der Waals surface area (Å²) in [5.74, 6) is 0. The van der Waals surface area contributed by atoms with Crippen molar-refractivity contribution in [2.24, 2.45) is 0 Å². The third kappa shape index (κ3) is 10.6. The predicted molar refractivity (Wildman–Crippen MR) is 71.9 cm³/mol. The second-order valence-corrected chi connectivity index (χ2v) is 5.90. The molecule has 0 aromatic rings. The van der Waals surface area contributed by atoms with Crippen molar-refractivity contribution in [3.05, 3.63) is 12.7 Å². The van der Waals surface area contributed by atoms with Crippen LogP contribution in [0.15, 0.2) is 12.7 Å². The second-order valence-electron chi connectivity index (χ2n) is 3.30. The lowest BCUT2D eigenvalue weighted by molar-refractivity contribution is 0.868. The summed E-state index contributed by atoms with van der Waals surface area (Å²) in [5.41, 5.74) is 0. The number of hydrogen-bond acceptors (Lipinski definition) is 0. The first-order chi connectivity index (χ1) is 5.85. The van der Waals surface area contributed by atoms with Gasteiger partial charge in [0.15, 0.2) is 0 Å². The van der Waals surface area contributed by atoms with Gasteiger partial charge in [-0.1, -0.05) is 32.8 Å². The molecule has 0 rings (SSSR count). The van der Waals surface area contributed by atoms with Crippen LogP contribution in [-0.4, -0.2) is 18.5 Å². The molecule has 0 atom stereocenters. The van der Waals surface area contributed by atoms with Crippen LogP contribution in [0.3, 0.4) is 0 Å². The van der Waals surface area contributed by atoms with E-state index in [0.29, 0.717) is 7.92 Å².